The number of thioether (sulfide) groups is 1. The Kier molecular flexibility index (Phi) is 6.50. The van der Waals surface area contributed by atoms with Crippen LogP contribution in [0.5, 0.6) is 0 Å². The van der Waals surface area contributed by atoms with Crippen LogP contribution in [0, 0.1) is 0 Å². The lowest BCUT2D eigenvalue weighted by Crippen LogP contribution is -2.24. The van der Waals surface area contributed by atoms with Gasteiger partial charge in [0.05, 0.1) is 34.4 Å². The monoisotopic (exact) mass is 474 g/mol. The molecule has 0 saturated heterocycles. The van der Waals surface area contributed by atoms with Crippen molar-refractivity contribution in [2.24, 2.45) is 0 Å². The molecule has 0 N–H and O–H groups in total. The van der Waals surface area contributed by atoms with E-state index in [1.807, 2.05) is 0 Å². The lowest BCUT2D eigenvalue weighted by atomic mass is 10.2. The summed E-state index contributed by atoms with van der Waals surface area (Å²) >= 11 is 7.42. The smallest absolute Gasteiger partial charge is 0.262 e. The van der Waals surface area contributed by atoms with E-state index in [0.717, 1.165) is 0 Å². The Bertz CT molecular complexity index is 1350. The summed E-state index contributed by atoms with van der Waals surface area (Å²) in [5.41, 5.74) is 0.310. The van der Waals surface area contributed by atoms with Crippen molar-refractivity contribution in [3.8, 4) is 0 Å². The summed E-state index contributed by atoms with van der Waals surface area (Å²) in [6.45, 7) is 0.238. The molecule has 0 spiro atoms. The van der Waals surface area contributed by atoms with Gasteiger partial charge in [0.2, 0.25) is 0 Å². The largest absolute Gasteiger partial charge is 0.467 e. The molecule has 2 aromatic heterocycles. The molecule has 0 aliphatic carbocycles. The van der Waals surface area contributed by atoms with E-state index in [0.29, 0.717) is 43.9 Å². The SMILES string of the molecule is O=c1c2ccc(Cl)cc2nc(SCCCS(=O)(=O)c2ccccc2)n1Cc1ccco1. The third kappa shape index (κ3) is 5.03. The second-order valence-corrected chi connectivity index (χ2v) is 10.5. The van der Waals surface area contributed by atoms with Gasteiger partial charge in [-0.25, -0.2) is 13.4 Å². The van der Waals surface area contributed by atoms with Gasteiger partial charge in [0.15, 0.2) is 15.0 Å². The molecule has 0 atom stereocenters. The zero-order valence-corrected chi connectivity index (χ0v) is 18.8. The van der Waals surface area contributed by atoms with Crippen LogP contribution in [0.3, 0.4) is 0 Å². The molecular weight excluding hydrogens is 456 g/mol. The van der Waals surface area contributed by atoms with Crippen molar-refractivity contribution in [3.05, 3.63) is 88.1 Å². The van der Waals surface area contributed by atoms with Gasteiger partial charge in [-0.1, -0.05) is 41.6 Å². The van der Waals surface area contributed by atoms with Gasteiger partial charge in [0.25, 0.3) is 5.56 Å². The second kappa shape index (κ2) is 9.30. The maximum Gasteiger partial charge on any atom is 0.262 e. The summed E-state index contributed by atoms with van der Waals surface area (Å²) in [6.07, 6.45) is 1.97. The molecule has 0 radical (unpaired) electrons. The molecule has 0 bridgehead atoms. The van der Waals surface area contributed by atoms with Gasteiger partial charge in [0.1, 0.15) is 5.76 Å². The van der Waals surface area contributed by atoms with Crippen molar-refractivity contribution in [2.45, 2.75) is 23.0 Å². The van der Waals surface area contributed by atoms with Crippen molar-refractivity contribution in [1.82, 2.24) is 9.55 Å². The predicted octanol–water partition coefficient (Wildman–Crippen LogP) is 4.65. The van der Waals surface area contributed by atoms with Crippen LogP contribution in [0.1, 0.15) is 12.2 Å². The van der Waals surface area contributed by atoms with Crippen molar-refractivity contribution in [3.63, 3.8) is 0 Å². The number of benzene rings is 2. The Hall–Kier alpha value is -2.55. The van der Waals surface area contributed by atoms with Crippen LogP contribution in [0.15, 0.2) is 86.2 Å². The fraction of sp³-hybridized carbons (Fsp3) is 0.182. The third-order valence-corrected chi connectivity index (χ3v) is 7.78. The Morgan fingerprint density at radius 3 is 2.61 bits per heavy atom. The number of nitrogens with zero attached hydrogens (tertiary/aromatic N) is 2. The number of fused-ring (bicyclic) bond motifs is 1. The Balaban J connectivity index is 1.56. The van der Waals surface area contributed by atoms with Crippen molar-refractivity contribution in [2.75, 3.05) is 11.5 Å². The molecule has 0 saturated carbocycles. The maximum absolute atomic E-state index is 13.1. The quantitative estimate of drug-likeness (QED) is 0.210. The molecule has 31 heavy (non-hydrogen) atoms. The molecule has 2 aromatic carbocycles. The van der Waals surface area contributed by atoms with Crippen LogP contribution in [-0.2, 0) is 16.4 Å². The van der Waals surface area contributed by atoms with Crippen molar-refractivity contribution < 1.29 is 12.8 Å². The molecule has 0 unspecified atom stereocenters. The summed E-state index contributed by atoms with van der Waals surface area (Å²) in [5, 5.41) is 1.45. The minimum absolute atomic E-state index is 0.0197. The number of hydrogen-bond donors (Lipinski definition) is 0. The number of halogens is 1. The highest BCUT2D eigenvalue weighted by molar-refractivity contribution is 7.99. The summed E-state index contributed by atoms with van der Waals surface area (Å²) < 4.78 is 31.9. The van der Waals surface area contributed by atoms with E-state index in [4.69, 9.17) is 16.0 Å². The number of furan rings is 1. The summed E-state index contributed by atoms with van der Waals surface area (Å²) in [7, 11) is -3.35. The molecule has 0 aliphatic heterocycles. The third-order valence-electron chi connectivity index (χ3n) is 4.67. The van der Waals surface area contributed by atoms with Gasteiger partial charge in [-0.15, -0.1) is 0 Å². The molecule has 4 rings (SSSR count). The van der Waals surface area contributed by atoms with Gasteiger partial charge in [-0.05, 0) is 48.9 Å². The molecule has 0 aliphatic rings. The van der Waals surface area contributed by atoms with Gasteiger partial charge >= 0.3 is 0 Å². The minimum Gasteiger partial charge on any atom is -0.467 e. The Morgan fingerprint density at radius 2 is 1.87 bits per heavy atom. The zero-order valence-electron chi connectivity index (χ0n) is 16.4. The lowest BCUT2D eigenvalue weighted by Gasteiger charge is -2.12. The number of hydrogen-bond acceptors (Lipinski definition) is 6. The molecule has 0 amide bonds. The maximum atomic E-state index is 13.1. The molecule has 2 heterocycles. The van der Waals surface area contributed by atoms with Crippen LogP contribution < -0.4 is 5.56 Å². The predicted molar refractivity (Wildman–Crippen MR) is 123 cm³/mol. The average molecular weight is 475 g/mol. The topological polar surface area (TPSA) is 82.2 Å². The van der Waals surface area contributed by atoms with Crippen LogP contribution in [-0.4, -0.2) is 29.5 Å². The molecule has 160 valence electrons. The van der Waals surface area contributed by atoms with Crippen LogP contribution >= 0.6 is 23.4 Å². The highest BCUT2D eigenvalue weighted by Gasteiger charge is 2.16. The Labute approximate surface area is 188 Å². The standard InChI is InChI=1S/C22H19ClN2O4S2/c23-16-9-10-19-20(14-16)24-22(25(21(19)26)15-17-6-4-11-29-17)30-12-5-13-31(27,28)18-7-2-1-3-8-18/h1-4,6-11,14H,5,12-13,15H2. The number of rotatable bonds is 8. The van der Waals surface area contributed by atoms with E-state index in [9.17, 15) is 13.2 Å². The fourth-order valence-corrected chi connectivity index (χ4v) is 5.76. The van der Waals surface area contributed by atoms with Gasteiger partial charge in [0, 0.05) is 10.8 Å². The van der Waals surface area contributed by atoms with E-state index in [-0.39, 0.29) is 17.9 Å². The number of aromatic nitrogens is 2. The van der Waals surface area contributed by atoms with E-state index >= 15 is 0 Å². The molecule has 9 heteroatoms. The fourth-order valence-electron chi connectivity index (χ4n) is 3.14. The minimum atomic E-state index is -3.35. The first kappa shape index (κ1) is 21.7. The van der Waals surface area contributed by atoms with Crippen molar-refractivity contribution >= 4 is 44.1 Å². The average Bonchev–Trinajstić information content (AvgIpc) is 3.27. The summed E-state index contributed by atoms with van der Waals surface area (Å²) in [5.74, 6) is 1.14. The van der Waals surface area contributed by atoms with E-state index in [1.54, 1.807) is 71.5 Å². The number of sulfone groups is 1. The second-order valence-electron chi connectivity index (χ2n) is 6.86. The molecular formula is C22H19ClN2O4S2. The lowest BCUT2D eigenvalue weighted by molar-refractivity contribution is 0.476. The zero-order chi connectivity index (χ0) is 21.8. The highest BCUT2D eigenvalue weighted by atomic mass is 35.5. The van der Waals surface area contributed by atoms with Crippen LogP contribution in [0.2, 0.25) is 5.02 Å². The first-order valence-electron chi connectivity index (χ1n) is 9.57. The summed E-state index contributed by atoms with van der Waals surface area (Å²) in [6, 6.07) is 16.9. The first-order chi connectivity index (χ1) is 14.9. The molecule has 0 fully saturated rings. The van der Waals surface area contributed by atoms with Gasteiger partial charge in [-0.2, -0.15) is 0 Å². The molecule has 6 nitrogen and oxygen atoms in total. The van der Waals surface area contributed by atoms with Gasteiger partial charge in [-0.3, -0.25) is 9.36 Å². The molecule has 4 aromatic rings. The van der Waals surface area contributed by atoms with Crippen LogP contribution in [0.25, 0.3) is 10.9 Å². The normalized spacial score (nSPS) is 11.8. The Morgan fingerprint density at radius 1 is 1.06 bits per heavy atom. The van der Waals surface area contributed by atoms with E-state index in [2.05, 4.69) is 4.98 Å². The van der Waals surface area contributed by atoms with E-state index in [1.165, 1.54) is 11.8 Å². The van der Waals surface area contributed by atoms with E-state index < -0.39 is 9.84 Å². The van der Waals surface area contributed by atoms with Crippen LogP contribution in [0.4, 0.5) is 0 Å². The van der Waals surface area contributed by atoms with Crippen molar-refractivity contribution in [1.29, 1.82) is 0 Å². The van der Waals surface area contributed by atoms with Gasteiger partial charge < -0.3 is 4.42 Å². The summed E-state index contributed by atoms with van der Waals surface area (Å²) in [4.78, 5) is 18.0. The first-order valence-corrected chi connectivity index (χ1v) is 12.6. The highest BCUT2D eigenvalue weighted by Crippen LogP contribution is 2.22.